The van der Waals surface area contributed by atoms with E-state index in [0.29, 0.717) is 23.4 Å². The lowest BCUT2D eigenvalue weighted by Crippen LogP contribution is -2.30. The standard InChI is InChI=1S/C24H23FN6O4S.ClH/c1-3-31-22(26)20(24(33)27-2)21(32)16-7-9-18(29-23(16)31)15-6-8-19(17(25)11-15)30-36(34,35)13-14-5-4-10-28-12-14;/h4-12,30H,3,13,26H2,1-2H3,(H,27,33);1H. The molecule has 0 saturated heterocycles. The number of nitrogen functional groups attached to an aromatic ring is 1. The number of anilines is 2. The van der Waals surface area contributed by atoms with Gasteiger partial charge in [-0.3, -0.25) is 19.3 Å². The minimum Gasteiger partial charge on any atom is -0.384 e. The molecule has 3 aromatic heterocycles. The quantitative estimate of drug-likeness (QED) is 0.322. The largest absolute Gasteiger partial charge is 0.384 e. The molecule has 13 heteroatoms. The third kappa shape index (κ3) is 5.54. The lowest BCUT2D eigenvalue weighted by molar-refractivity contribution is 0.0962. The van der Waals surface area contributed by atoms with E-state index in [9.17, 15) is 22.4 Å². The molecule has 1 amide bonds. The van der Waals surface area contributed by atoms with E-state index in [1.54, 1.807) is 19.1 Å². The van der Waals surface area contributed by atoms with Gasteiger partial charge < -0.3 is 15.6 Å². The number of aryl methyl sites for hydroxylation is 1. The average Bonchev–Trinajstić information content (AvgIpc) is 2.85. The Morgan fingerprint density at radius 3 is 2.57 bits per heavy atom. The van der Waals surface area contributed by atoms with Crippen molar-refractivity contribution in [2.24, 2.45) is 0 Å². The van der Waals surface area contributed by atoms with Crippen LogP contribution in [0.2, 0.25) is 0 Å². The molecule has 0 fully saturated rings. The highest BCUT2D eigenvalue weighted by molar-refractivity contribution is 7.91. The first kappa shape index (κ1) is 27.6. The molecule has 4 rings (SSSR count). The number of hydrogen-bond donors (Lipinski definition) is 3. The lowest BCUT2D eigenvalue weighted by Gasteiger charge is -2.16. The molecule has 3 heterocycles. The van der Waals surface area contributed by atoms with E-state index >= 15 is 0 Å². The average molecular weight is 547 g/mol. The maximum Gasteiger partial charge on any atom is 0.258 e. The SMILES string of the molecule is CCn1c(N)c(C(=O)NC)c(=O)c2ccc(-c3ccc(NS(=O)(=O)Cc4cccnc4)c(F)c3)nc21.Cl. The summed E-state index contributed by atoms with van der Waals surface area (Å²) in [5.41, 5.74) is 6.56. The van der Waals surface area contributed by atoms with Gasteiger partial charge in [0, 0.05) is 31.5 Å². The number of amides is 1. The number of sulfonamides is 1. The number of halogens is 2. The van der Waals surface area contributed by atoms with Gasteiger partial charge in [-0.25, -0.2) is 17.8 Å². The fourth-order valence-electron chi connectivity index (χ4n) is 3.82. The molecule has 0 atom stereocenters. The molecule has 0 bridgehead atoms. The Bertz CT molecular complexity index is 1650. The van der Waals surface area contributed by atoms with E-state index in [-0.39, 0.29) is 46.3 Å². The molecule has 0 aliphatic carbocycles. The Morgan fingerprint density at radius 1 is 1.19 bits per heavy atom. The zero-order valence-electron chi connectivity index (χ0n) is 19.9. The van der Waals surface area contributed by atoms with Crippen LogP contribution < -0.4 is 21.2 Å². The van der Waals surface area contributed by atoms with Gasteiger partial charge in [-0.1, -0.05) is 12.1 Å². The van der Waals surface area contributed by atoms with Crippen molar-refractivity contribution in [1.82, 2.24) is 19.9 Å². The summed E-state index contributed by atoms with van der Waals surface area (Å²) < 4.78 is 43.6. The van der Waals surface area contributed by atoms with Crippen molar-refractivity contribution >= 4 is 50.9 Å². The Balaban J connectivity index is 0.00000380. The monoisotopic (exact) mass is 546 g/mol. The van der Waals surface area contributed by atoms with E-state index in [1.807, 2.05) is 0 Å². The van der Waals surface area contributed by atoms with Crippen molar-refractivity contribution in [3.63, 3.8) is 0 Å². The number of carbonyl (C=O) groups excluding carboxylic acids is 1. The van der Waals surface area contributed by atoms with Crippen molar-refractivity contribution in [3.8, 4) is 11.3 Å². The summed E-state index contributed by atoms with van der Waals surface area (Å²) in [4.78, 5) is 33.5. The van der Waals surface area contributed by atoms with Crippen LogP contribution in [0.4, 0.5) is 15.9 Å². The number of fused-ring (bicyclic) bond motifs is 1. The number of hydrogen-bond acceptors (Lipinski definition) is 7. The Labute approximate surface area is 218 Å². The van der Waals surface area contributed by atoms with Crippen LogP contribution >= 0.6 is 12.4 Å². The van der Waals surface area contributed by atoms with E-state index in [0.717, 1.165) is 6.07 Å². The second kappa shape index (κ2) is 10.9. The van der Waals surface area contributed by atoms with Crippen LogP contribution in [0.15, 0.2) is 59.7 Å². The van der Waals surface area contributed by atoms with Gasteiger partial charge in [0.25, 0.3) is 5.91 Å². The molecule has 37 heavy (non-hydrogen) atoms. The molecule has 0 aliphatic rings. The molecule has 194 valence electrons. The van der Waals surface area contributed by atoms with Crippen molar-refractivity contribution < 1.29 is 17.6 Å². The first-order valence-corrected chi connectivity index (χ1v) is 12.5. The maximum atomic E-state index is 14.9. The highest BCUT2D eigenvalue weighted by Crippen LogP contribution is 2.26. The number of rotatable bonds is 7. The predicted octanol–water partition coefficient (Wildman–Crippen LogP) is 2.92. The molecule has 0 radical (unpaired) electrons. The molecule has 0 saturated carbocycles. The van der Waals surface area contributed by atoms with Crippen molar-refractivity contribution in [3.05, 3.63) is 82.0 Å². The summed E-state index contributed by atoms with van der Waals surface area (Å²) in [6.07, 6.45) is 2.95. The topological polar surface area (TPSA) is 149 Å². The summed E-state index contributed by atoms with van der Waals surface area (Å²) in [5, 5.41) is 2.60. The molecular weight excluding hydrogens is 523 g/mol. The molecule has 0 aliphatic heterocycles. The predicted molar refractivity (Wildman–Crippen MR) is 143 cm³/mol. The second-order valence-electron chi connectivity index (χ2n) is 7.90. The van der Waals surface area contributed by atoms with Gasteiger partial charge in [-0.2, -0.15) is 0 Å². The van der Waals surface area contributed by atoms with Crippen molar-refractivity contribution in [2.75, 3.05) is 17.5 Å². The number of carbonyl (C=O) groups is 1. The Morgan fingerprint density at radius 2 is 1.95 bits per heavy atom. The van der Waals surface area contributed by atoms with Gasteiger partial charge >= 0.3 is 0 Å². The highest BCUT2D eigenvalue weighted by atomic mass is 35.5. The molecule has 1 aromatic carbocycles. The number of nitrogens with one attached hydrogen (secondary N) is 2. The summed E-state index contributed by atoms with van der Waals surface area (Å²) >= 11 is 0. The van der Waals surface area contributed by atoms with Crippen molar-refractivity contribution in [1.29, 1.82) is 0 Å². The molecule has 4 aromatic rings. The highest BCUT2D eigenvalue weighted by Gasteiger charge is 2.21. The number of nitrogens with zero attached hydrogens (tertiary/aromatic N) is 3. The smallest absolute Gasteiger partial charge is 0.258 e. The van der Waals surface area contributed by atoms with E-state index in [2.05, 4.69) is 20.0 Å². The number of aromatic nitrogens is 3. The fraction of sp³-hybridized carbons (Fsp3) is 0.167. The number of benzene rings is 1. The normalized spacial score (nSPS) is 11.1. The van der Waals surface area contributed by atoms with Crippen molar-refractivity contribution in [2.45, 2.75) is 19.2 Å². The zero-order valence-corrected chi connectivity index (χ0v) is 21.5. The fourth-order valence-corrected chi connectivity index (χ4v) is 5.00. The van der Waals surface area contributed by atoms with Gasteiger partial charge in [-0.05, 0) is 42.8 Å². The molecule has 4 N–H and O–H groups in total. The summed E-state index contributed by atoms with van der Waals surface area (Å²) in [7, 11) is -2.48. The van der Waals surface area contributed by atoms with Gasteiger partial charge in [0.2, 0.25) is 15.5 Å². The molecule has 0 spiro atoms. The van der Waals surface area contributed by atoms with Crippen LogP contribution in [0, 0.1) is 5.82 Å². The zero-order chi connectivity index (χ0) is 26.0. The lowest BCUT2D eigenvalue weighted by atomic mass is 10.1. The second-order valence-corrected chi connectivity index (χ2v) is 9.62. The van der Waals surface area contributed by atoms with Crippen LogP contribution in [-0.4, -0.2) is 35.9 Å². The first-order chi connectivity index (χ1) is 17.1. The van der Waals surface area contributed by atoms with Gasteiger partial charge in [0.1, 0.15) is 22.8 Å². The van der Waals surface area contributed by atoms with Gasteiger partial charge in [0.05, 0.1) is 22.5 Å². The summed E-state index contributed by atoms with van der Waals surface area (Å²) in [6, 6.07) is 10.2. The molecular formula is C24H24ClFN6O4S. The van der Waals surface area contributed by atoms with Crippen LogP contribution in [0.3, 0.4) is 0 Å². The molecule has 10 nitrogen and oxygen atoms in total. The Kier molecular flexibility index (Phi) is 8.14. The third-order valence-electron chi connectivity index (χ3n) is 5.53. The third-order valence-corrected chi connectivity index (χ3v) is 6.77. The van der Waals surface area contributed by atoms with E-state index in [4.69, 9.17) is 5.73 Å². The minimum absolute atomic E-state index is 0. The number of pyridine rings is 3. The van der Waals surface area contributed by atoms with Gasteiger partial charge in [0.15, 0.2) is 0 Å². The molecule has 0 unspecified atom stereocenters. The Hall–Kier alpha value is -4.03. The van der Waals surface area contributed by atoms with Crippen LogP contribution in [-0.2, 0) is 22.3 Å². The number of nitrogens with two attached hydrogens (primary N) is 1. The van der Waals surface area contributed by atoms with E-state index < -0.39 is 27.2 Å². The minimum atomic E-state index is -3.88. The van der Waals surface area contributed by atoms with Crippen LogP contribution in [0.1, 0.15) is 22.8 Å². The van der Waals surface area contributed by atoms with Crippen LogP contribution in [0.5, 0.6) is 0 Å². The van der Waals surface area contributed by atoms with Gasteiger partial charge in [-0.15, -0.1) is 12.4 Å². The van der Waals surface area contributed by atoms with Crippen LogP contribution in [0.25, 0.3) is 22.3 Å². The summed E-state index contributed by atoms with van der Waals surface area (Å²) in [5.74, 6) is -1.79. The summed E-state index contributed by atoms with van der Waals surface area (Å²) in [6.45, 7) is 2.11. The first-order valence-electron chi connectivity index (χ1n) is 10.9. The van der Waals surface area contributed by atoms with E-state index in [1.165, 1.54) is 48.3 Å². The maximum absolute atomic E-state index is 14.9.